The molecule has 0 heterocycles. The molecule has 3 aromatic rings. The quantitative estimate of drug-likeness (QED) is 0.287. The number of anilines is 2. The second-order valence-corrected chi connectivity index (χ2v) is 9.51. The first kappa shape index (κ1) is 27.9. The molecular weight excluding hydrogens is 547 g/mol. The molecule has 0 aromatic heterocycles. The van der Waals surface area contributed by atoms with E-state index in [-0.39, 0.29) is 16.9 Å². The molecule has 0 radical (unpaired) electrons. The summed E-state index contributed by atoms with van der Waals surface area (Å²) in [6.45, 7) is 1.13. The van der Waals surface area contributed by atoms with E-state index in [9.17, 15) is 40.0 Å². The van der Waals surface area contributed by atoms with E-state index in [0.29, 0.717) is 18.2 Å². The molecular formula is C23H16ClF5N2O5S. The smallest absolute Gasteiger partial charge is 0.417 e. The Morgan fingerprint density at radius 2 is 1.68 bits per heavy atom. The van der Waals surface area contributed by atoms with Gasteiger partial charge in [-0.05, 0) is 49.4 Å². The molecule has 0 saturated heterocycles. The molecule has 196 valence electrons. The van der Waals surface area contributed by atoms with E-state index < -0.39 is 61.3 Å². The molecule has 0 saturated carbocycles. The third-order valence-corrected chi connectivity index (χ3v) is 6.50. The van der Waals surface area contributed by atoms with Gasteiger partial charge in [0, 0.05) is 11.8 Å². The number of hydrogen-bond acceptors (Lipinski definition) is 5. The number of hydrogen-bond donors (Lipinski definition) is 2. The number of nitrogens with one attached hydrogen (secondary N) is 2. The summed E-state index contributed by atoms with van der Waals surface area (Å²) in [5.74, 6) is -4.53. The predicted molar refractivity (Wildman–Crippen MR) is 124 cm³/mol. The average Bonchev–Trinajstić information content (AvgIpc) is 2.79. The van der Waals surface area contributed by atoms with E-state index in [1.54, 1.807) is 0 Å². The van der Waals surface area contributed by atoms with E-state index in [2.05, 4.69) is 5.32 Å². The van der Waals surface area contributed by atoms with Crippen LogP contribution in [0.4, 0.5) is 33.3 Å². The largest absolute Gasteiger partial charge is 0.449 e. The minimum atomic E-state index is -4.77. The first-order chi connectivity index (χ1) is 17.2. The van der Waals surface area contributed by atoms with Crippen LogP contribution in [0.25, 0.3) is 0 Å². The van der Waals surface area contributed by atoms with E-state index in [0.717, 1.165) is 37.3 Å². The summed E-state index contributed by atoms with van der Waals surface area (Å²) in [4.78, 5) is 24.2. The van der Waals surface area contributed by atoms with Gasteiger partial charge in [0.25, 0.3) is 15.9 Å². The second-order valence-electron chi connectivity index (χ2n) is 7.45. The molecule has 37 heavy (non-hydrogen) atoms. The van der Waals surface area contributed by atoms with Crippen molar-refractivity contribution in [2.45, 2.75) is 24.1 Å². The Balaban J connectivity index is 1.76. The van der Waals surface area contributed by atoms with Gasteiger partial charge in [-0.1, -0.05) is 23.7 Å². The highest BCUT2D eigenvalue weighted by molar-refractivity contribution is 7.92. The standard InChI is InChI=1S/C23H16ClF5N2O5S/c1-12(21(32)30-14-7-8-17(24)16(11-14)23(27,28)29)36-22(33)15-4-2-3-5-19(15)31-37(34,35)20-9-6-13(25)10-18(20)26/h2-12,31H,1H3,(H,30,32)/t12-/m1/s1. The zero-order chi connectivity index (χ0) is 27.5. The van der Waals surface area contributed by atoms with Crippen molar-refractivity contribution in [1.29, 1.82) is 0 Å². The number of carbonyl (C=O) groups excluding carboxylic acids is 2. The van der Waals surface area contributed by atoms with Gasteiger partial charge < -0.3 is 10.1 Å². The molecule has 0 aliphatic carbocycles. The number of halogens is 6. The molecule has 2 N–H and O–H groups in total. The minimum absolute atomic E-state index is 0.265. The molecule has 3 aromatic carbocycles. The minimum Gasteiger partial charge on any atom is -0.449 e. The SMILES string of the molecule is C[C@@H](OC(=O)c1ccccc1NS(=O)(=O)c1ccc(F)cc1F)C(=O)Nc1ccc(Cl)c(C(F)(F)F)c1. The number of ether oxygens (including phenoxy) is 1. The number of rotatable bonds is 7. The lowest BCUT2D eigenvalue weighted by Crippen LogP contribution is -2.30. The lowest BCUT2D eigenvalue weighted by molar-refractivity contribution is -0.137. The number of benzene rings is 3. The van der Waals surface area contributed by atoms with Crippen molar-refractivity contribution >= 4 is 44.9 Å². The van der Waals surface area contributed by atoms with Crippen LogP contribution in [0.5, 0.6) is 0 Å². The van der Waals surface area contributed by atoms with E-state index in [1.165, 1.54) is 12.1 Å². The number of carbonyl (C=O) groups is 2. The lowest BCUT2D eigenvalue weighted by Gasteiger charge is -2.17. The van der Waals surface area contributed by atoms with Crippen molar-refractivity contribution in [1.82, 2.24) is 0 Å². The summed E-state index contributed by atoms with van der Waals surface area (Å²) in [7, 11) is -4.60. The van der Waals surface area contributed by atoms with Crippen LogP contribution in [0.3, 0.4) is 0 Å². The van der Waals surface area contributed by atoms with Gasteiger partial charge in [0.15, 0.2) is 6.10 Å². The van der Waals surface area contributed by atoms with Crippen LogP contribution in [0, 0.1) is 11.6 Å². The zero-order valence-corrected chi connectivity index (χ0v) is 20.1. The molecule has 0 bridgehead atoms. The van der Waals surface area contributed by atoms with Gasteiger partial charge in [-0.25, -0.2) is 22.0 Å². The van der Waals surface area contributed by atoms with E-state index in [1.807, 2.05) is 4.72 Å². The van der Waals surface area contributed by atoms with Crippen LogP contribution >= 0.6 is 11.6 Å². The number of para-hydroxylation sites is 1. The van der Waals surface area contributed by atoms with Gasteiger partial charge in [0.05, 0.1) is 21.8 Å². The number of alkyl halides is 3. The predicted octanol–water partition coefficient (Wildman–Crippen LogP) is 5.62. The first-order valence-electron chi connectivity index (χ1n) is 10.1. The van der Waals surface area contributed by atoms with E-state index >= 15 is 0 Å². The molecule has 14 heteroatoms. The van der Waals surface area contributed by atoms with Crippen molar-refractivity contribution < 1.29 is 44.7 Å². The number of amides is 1. The van der Waals surface area contributed by atoms with Gasteiger partial charge in [0.1, 0.15) is 16.5 Å². The monoisotopic (exact) mass is 562 g/mol. The highest BCUT2D eigenvalue weighted by Crippen LogP contribution is 2.36. The first-order valence-corrected chi connectivity index (χ1v) is 12.0. The summed E-state index contributed by atoms with van der Waals surface area (Å²) in [5, 5.41) is 1.59. The fourth-order valence-corrected chi connectivity index (χ4v) is 4.35. The average molecular weight is 563 g/mol. The molecule has 0 unspecified atom stereocenters. The van der Waals surface area contributed by atoms with Gasteiger partial charge in [0.2, 0.25) is 0 Å². The topological polar surface area (TPSA) is 102 Å². The Labute approximate surface area is 212 Å². The van der Waals surface area contributed by atoms with E-state index in [4.69, 9.17) is 16.3 Å². The Bertz CT molecular complexity index is 1460. The fraction of sp³-hybridized carbons (Fsp3) is 0.130. The maximum absolute atomic E-state index is 14.0. The van der Waals surface area contributed by atoms with Gasteiger partial charge in [-0.3, -0.25) is 9.52 Å². The summed E-state index contributed by atoms with van der Waals surface area (Å²) in [5.41, 5.74) is -2.15. The van der Waals surface area contributed by atoms with Crippen LogP contribution in [-0.2, 0) is 25.7 Å². The van der Waals surface area contributed by atoms with Crippen LogP contribution in [0.2, 0.25) is 5.02 Å². The second kappa shape index (κ2) is 10.7. The normalized spacial score (nSPS) is 12.5. The van der Waals surface area contributed by atoms with Crippen molar-refractivity contribution in [2.75, 3.05) is 10.0 Å². The maximum atomic E-state index is 14.0. The fourth-order valence-electron chi connectivity index (χ4n) is 2.98. The Morgan fingerprint density at radius 1 is 1.00 bits per heavy atom. The van der Waals surface area contributed by atoms with Crippen molar-refractivity contribution in [3.63, 3.8) is 0 Å². The third kappa shape index (κ3) is 6.74. The van der Waals surface area contributed by atoms with Crippen LogP contribution in [0.15, 0.2) is 65.6 Å². The van der Waals surface area contributed by atoms with Gasteiger partial charge in [-0.2, -0.15) is 13.2 Å². The Morgan fingerprint density at radius 3 is 2.32 bits per heavy atom. The molecule has 1 atom stereocenters. The Hall–Kier alpha value is -3.71. The molecule has 0 aliphatic rings. The highest BCUT2D eigenvalue weighted by atomic mass is 35.5. The van der Waals surface area contributed by atoms with Crippen LogP contribution in [0.1, 0.15) is 22.8 Å². The van der Waals surface area contributed by atoms with Gasteiger partial charge >= 0.3 is 12.1 Å². The van der Waals surface area contributed by atoms with Crippen LogP contribution < -0.4 is 10.0 Å². The summed E-state index contributed by atoms with van der Waals surface area (Å²) in [6, 6.07) is 9.46. The lowest BCUT2D eigenvalue weighted by atomic mass is 10.2. The van der Waals surface area contributed by atoms with Crippen molar-refractivity contribution in [2.24, 2.45) is 0 Å². The van der Waals surface area contributed by atoms with Crippen LogP contribution in [-0.4, -0.2) is 26.4 Å². The summed E-state index contributed by atoms with van der Waals surface area (Å²) < 4.78 is 98.4. The van der Waals surface area contributed by atoms with Gasteiger partial charge in [-0.15, -0.1) is 0 Å². The third-order valence-electron chi connectivity index (χ3n) is 4.77. The molecule has 7 nitrogen and oxygen atoms in total. The maximum Gasteiger partial charge on any atom is 0.417 e. The number of esters is 1. The number of sulfonamides is 1. The summed E-state index contributed by atoms with van der Waals surface area (Å²) in [6.07, 6.45) is -6.30. The molecule has 1 amide bonds. The zero-order valence-electron chi connectivity index (χ0n) is 18.6. The van der Waals surface area contributed by atoms with Crippen molar-refractivity contribution in [3.8, 4) is 0 Å². The Kier molecular flexibility index (Phi) is 8.08. The summed E-state index contributed by atoms with van der Waals surface area (Å²) >= 11 is 5.54. The molecule has 3 rings (SSSR count). The molecule has 0 aliphatic heterocycles. The molecule has 0 spiro atoms. The molecule has 0 fully saturated rings. The highest BCUT2D eigenvalue weighted by Gasteiger charge is 2.33. The van der Waals surface area contributed by atoms with Crippen molar-refractivity contribution in [3.05, 3.63) is 88.4 Å².